The third kappa shape index (κ3) is 3.08. The number of methoxy groups -OCH3 is 1. The first-order valence-corrected chi connectivity index (χ1v) is 10.2. The highest BCUT2D eigenvalue weighted by molar-refractivity contribution is 6.31. The third-order valence-electron chi connectivity index (χ3n) is 5.51. The van der Waals surface area contributed by atoms with Crippen LogP contribution in [0.1, 0.15) is 38.1 Å². The second kappa shape index (κ2) is 7.66. The number of ether oxygens (including phenoxy) is 1. The number of hydrogen-bond donors (Lipinski definition) is 0. The van der Waals surface area contributed by atoms with Crippen LogP contribution in [0, 0.1) is 0 Å². The van der Waals surface area contributed by atoms with Crippen LogP contribution in [0.15, 0.2) is 82.0 Å². The molecule has 2 heterocycles. The van der Waals surface area contributed by atoms with Crippen molar-refractivity contribution < 1.29 is 18.7 Å². The predicted molar refractivity (Wildman–Crippen MR) is 120 cm³/mol. The summed E-state index contributed by atoms with van der Waals surface area (Å²) in [5.41, 5.74) is 1.85. The van der Waals surface area contributed by atoms with E-state index in [-0.39, 0.29) is 16.8 Å². The molecule has 1 aromatic heterocycles. The third-order valence-corrected chi connectivity index (χ3v) is 5.75. The Labute approximate surface area is 187 Å². The van der Waals surface area contributed by atoms with Crippen molar-refractivity contribution in [3.63, 3.8) is 0 Å². The summed E-state index contributed by atoms with van der Waals surface area (Å²) in [6.07, 6.45) is 0. The molecule has 1 aliphatic heterocycles. The fourth-order valence-corrected chi connectivity index (χ4v) is 4.23. The smallest absolute Gasteiger partial charge is 0.337 e. The number of benzene rings is 3. The molecule has 0 saturated carbocycles. The minimum absolute atomic E-state index is 0.00396. The van der Waals surface area contributed by atoms with E-state index in [2.05, 4.69) is 0 Å². The average Bonchev–Trinajstić information content (AvgIpc) is 3.11. The first-order valence-electron chi connectivity index (χ1n) is 9.82. The lowest BCUT2D eigenvalue weighted by Crippen LogP contribution is -2.29. The van der Waals surface area contributed by atoms with Gasteiger partial charge in [0.25, 0.3) is 5.91 Å². The summed E-state index contributed by atoms with van der Waals surface area (Å²) in [6, 6.07) is 19.5. The van der Waals surface area contributed by atoms with Gasteiger partial charge in [-0.05, 0) is 48.0 Å². The Morgan fingerprint density at radius 2 is 1.75 bits per heavy atom. The Bertz CT molecular complexity index is 1440. The van der Waals surface area contributed by atoms with Crippen molar-refractivity contribution >= 4 is 40.1 Å². The molecule has 158 valence electrons. The summed E-state index contributed by atoms with van der Waals surface area (Å²) < 4.78 is 10.7. The molecule has 6 nitrogen and oxygen atoms in total. The van der Waals surface area contributed by atoms with Crippen molar-refractivity contribution in [2.45, 2.75) is 6.04 Å². The van der Waals surface area contributed by atoms with E-state index < -0.39 is 17.9 Å². The molecule has 0 radical (unpaired) electrons. The van der Waals surface area contributed by atoms with Gasteiger partial charge in [-0.1, -0.05) is 41.9 Å². The molecule has 4 aromatic rings. The molecule has 0 bridgehead atoms. The SMILES string of the molecule is COC(=O)c1ccc(C2c3c(oc4ccccc4c3=O)C(=O)N2c2cccc(Cl)c2)cc1. The number of hydrogen-bond acceptors (Lipinski definition) is 5. The molecule has 0 aliphatic carbocycles. The van der Waals surface area contributed by atoms with Gasteiger partial charge in [0.15, 0.2) is 5.43 Å². The zero-order chi connectivity index (χ0) is 22.4. The van der Waals surface area contributed by atoms with Crippen molar-refractivity contribution in [3.8, 4) is 0 Å². The number of carbonyl (C=O) groups is 2. The number of esters is 1. The molecule has 32 heavy (non-hydrogen) atoms. The van der Waals surface area contributed by atoms with Gasteiger partial charge in [0.05, 0.1) is 29.7 Å². The van der Waals surface area contributed by atoms with Crippen LogP contribution in [0.4, 0.5) is 5.69 Å². The van der Waals surface area contributed by atoms with E-state index in [0.29, 0.717) is 32.8 Å². The highest BCUT2D eigenvalue weighted by Crippen LogP contribution is 2.41. The van der Waals surface area contributed by atoms with E-state index in [4.69, 9.17) is 20.8 Å². The monoisotopic (exact) mass is 445 g/mol. The van der Waals surface area contributed by atoms with Gasteiger partial charge in [-0.25, -0.2) is 4.79 Å². The summed E-state index contributed by atoms with van der Waals surface area (Å²) in [4.78, 5) is 40.3. The van der Waals surface area contributed by atoms with E-state index in [1.165, 1.54) is 12.0 Å². The van der Waals surface area contributed by atoms with E-state index in [1.807, 2.05) is 0 Å². The Morgan fingerprint density at radius 1 is 1.00 bits per heavy atom. The fourth-order valence-electron chi connectivity index (χ4n) is 4.05. The van der Waals surface area contributed by atoms with E-state index >= 15 is 0 Å². The summed E-state index contributed by atoms with van der Waals surface area (Å²) in [7, 11) is 1.30. The molecular weight excluding hydrogens is 430 g/mol. The highest BCUT2D eigenvalue weighted by atomic mass is 35.5. The lowest BCUT2D eigenvalue weighted by molar-refractivity contribution is 0.0600. The summed E-state index contributed by atoms with van der Waals surface area (Å²) >= 11 is 6.19. The summed E-state index contributed by atoms with van der Waals surface area (Å²) in [5, 5.41) is 0.846. The Balaban J connectivity index is 1.76. The minimum atomic E-state index is -0.747. The second-order valence-electron chi connectivity index (χ2n) is 7.34. The predicted octanol–water partition coefficient (Wildman–Crippen LogP) is 4.98. The van der Waals surface area contributed by atoms with Crippen molar-refractivity contribution in [3.05, 3.63) is 110 Å². The molecule has 1 aliphatic rings. The second-order valence-corrected chi connectivity index (χ2v) is 7.78. The maximum Gasteiger partial charge on any atom is 0.337 e. The van der Waals surface area contributed by atoms with E-state index in [0.717, 1.165) is 0 Å². The average molecular weight is 446 g/mol. The van der Waals surface area contributed by atoms with Crippen molar-refractivity contribution in [2.75, 3.05) is 12.0 Å². The molecule has 0 N–H and O–H groups in total. The van der Waals surface area contributed by atoms with Gasteiger partial charge in [-0.15, -0.1) is 0 Å². The molecular formula is C25H16ClNO5. The molecule has 0 fully saturated rings. The molecule has 0 saturated heterocycles. The van der Waals surface area contributed by atoms with Gasteiger partial charge in [0.2, 0.25) is 5.76 Å². The number of halogens is 1. The maximum absolute atomic E-state index is 13.5. The molecule has 0 spiro atoms. The summed E-state index contributed by atoms with van der Waals surface area (Å²) in [6.45, 7) is 0. The van der Waals surface area contributed by atoms with Gasteiger partial charge in [0.1, 0.15) is 5.58 Å². The van der Waals surface area contributed by atoms with Crippen molar-refractivity contribution in [1.82, 2.24) is 0 Å². The lowest BCUT2D eigenvalue weighted by atomic mass is 9.97. The topological polar surface area (TPSA) is 76.8 Å². The van der Waals surface area contributed by atoms with Crippen LogP contribution in [-0.4, -0.2) is 19.0 Å². The Kier molecular flexibility index (Phi) is 4.79. The van der Waals surface area contributed by atoms with Crippen LogP contribution >= 0.6 is 11.6 Å². The molecule has 1 amide bonds. The van der Waals surface area contributed by atoms with Crippen LogP contribution in [0.3, 0.4) is 0 Å². The largest absolute Gasteiger partial charge is 0.465 e. The van der Waals surface area contributed by atoms with Crippen LogP contribution in [0.5, 0.6) is 0 Å². The first-order chi connectivity index (χ1) is 15.5. The quantitative estimate of drug-likeness (QED) is 0.415. The van der Waals surface area contributed by atoms with Gasteiger partial charge >= 0.3 is 5.97 Å². The zero-order valence-electron chi connectivity index (χ0n) is 16.9. The number of rotatable bonds is 3. The molecule has 1 unspecified atom stereocenters. The van der Waals surface area contributed by atoms with Crippen LogP contribution in [0.2, 0.25) is 5.02 Å². The van der Waals surface area contributed by atoms with E-state index in [9.17, 15) is 14.4 Å². The first kappa shape index (κ1) is 20.0. The fraction of sp³-hybridized carbons (Fsp3) is 0.0800. The molecule has 1 atom stereocenters. The molecule has 7 heteroatoms. The number of amides is 1. The number of nitrogens with zero attached hydrogens (tertiary/aromatic N) is 1. The maximum atomic E-state index is 13.5. The van der Waals surface area contributed by atoms with Gasteiger partial charge in [0, 0.05) is 10.7 Å². The normalized spacial score (nSPS) is 15.1. The minimum Gasteiger partial charge on any atom is -0.465 e. The van der Waals surface area contributed by atoms with Crippen molar-refractivity contribution in [1.29, 1.82) is 0 Å². The number of anilines is 1. The Morgan fingerprint density at radius 3 is 2.47 bits per heavy atom. The number of fused-ring (bicyclic) bond motifs is 2. The molecule has 3 aromatic carbocycles. The molecule has 5 rings (SSSR count). The Hall–Kier alpha value is -3.90. The van der Waals surface area contributed by atoms with E-state index in [1.54, 1.807) is 72.8 Å². The standard InChI is InChI=1S/C25H16ClNO5/c1-31-25(30)15-11-9-14(10-12-15)21-20-22(28)18-7-2-3-8-19(18)32-23(20)24(29)27(21)17-6-4-5-16(26)13-17/h2-13,21H,1H3. The number of carbonyl (C=O) groups excluding carboxylic acids is 2. The van der Waals surface area contributed by atoms with Crippen LogP contribution in [0.25, 0.3) is 11.0 Å². The number of para-hydroxylation sites is 1. The van der Waals surface area contributed by atoms with Gasteiger partial charge in [-0.2, -0.15) is 0 Å². The highest BCUT2D eigenvalue weighted by Gasteiger charge is 2.43. The van der Waals surface area contributed by atoms with Crippen molar-refractivity contribution in [2.24, 2.45) is 0 Å². The summed E-state index contributed by atoms with van der Waals surface area (Å²) in [5.74, 6) is -0.917. The van der Waals surface area contributed by atoms with Gasteiger partial charge < -0.3 is 9.15 Å². The van der Waals surface area contributed by atoms with Crippen LogP contribution in [-0.2, 0) is 4.74 Å². The lowest BCUT2D eigenvalue weighted by Gasteiger charge is -2.25. The zero-order valence-corrected chi connectivity index (χ0v) is 17.6. The van der Waals surface area contributed by atoms with Crippen LogP contribution < -0.4 is 10.3 Å². The van der Waals surface area contributed by atoms with Gasteiger partial charge in [-0.3, -0.25) is 14.5 Å².